The molecule has 1 amide bonds. The Balaban J connectivity index is 2.14. The first-order chi connectivity index (χ1) is 8.11. The van der Waals surface area contributed by atoms with Crippen molar-refractivity contribution in [3.05, 3.63) is 34.9 Å². The topological polar surface area (TPSA) is 46.3 Å². The minimum Gasteiger partial charge on any atom is -0.338 e. The highest BCUT2D eigenvalue weighted by molar-refractivity contribution is 5.78. The lowest BCUT2D eigenvalue weighted by Crippen LogP contribution is -2.26. The molecule has 0 aromatic heterocycles. The van der Waals surface area contributed by atoms with E-state index in [1.807, 2.05) is 4.90 Å². The maximum absolute atomic E-state index is 11.8. The van der Waals surface area contributed by atoms with Crippen LogP contribution < -0.4 is 5.73 Å². The summed E-state index contributed by atoms with van der Waals surface area (Å²) in [6, 6.07) is 6.26. The van der Waals surface area contributed by atoms with Crippen LogP contribution >= 0.6 is 0 Å². The summed E-state index contributed by atoms with van der Waals surface area (Å²) < 4.78 is 0. The molecule has 3 nitrogen and oxygen atoms in total. The zero-order valence-corrected chi connectivity index (χ0v) is 10.6. The molecule has 0 spiro atoms. The Morgan fingerprint density at radius 3 is 2.53 bits per heavy atom. The number of nitrogens with zero attached hydrogens (tertiary/aromatic N) is 1. The van der Waals surface area contributed by atoms with Crippen molar-refractivity contribution in [3.63, 3.8) is 0 Å². The van der Waals surface area contributed by atoms with Crippen molar-refractivity contribution < 1.29 is 4.79 Å². The normalized spacial score (nSPS) is 20.1. The molecule has 1 unspecified atom stereocenters. The summed E-state index contributed by atoms with van der Waals surface area (Å²) in [5, 5.41) is 0. The summed E-state index contributed by atoms with van der Waals surface area (Å²) in [5.41, 5.74) is 9.43. The highest BCUT2D eigenvalue weighted by atomic mass is 16.2. The standard InChI is InChI=1S/C14H20N2O/c1-10-4-3-5-11(2)13(10)9-16-8-12(7-15)6-14(16)17/h3-5,12H,6-9,15H2,1-2H3. The van der Waals surface area contributed by atoms with Gasteiger partial charge in [-0.05, 0) is 43.0 Å². The van der Waals surface area contributed by atoms with E-state index in [0.717, 1.165) is 13.1 Å². The van der Waals surface area contributed by atoms with Crippen molar-refractivity contribution in [2.75, 3.05) is 13.1 Å². The van der Waals surface area contributed by atoms with Crippen LogP contribution in [0.25, 0.3) is 0 Å². The summed E-state index contributed by atoms with van der Waals surface area (Å²) in [4.78, 5) is 13.8. The zero-order chi connectivity index (χ0) is 12.4. The van der Waals surface area contributed by atoms with Gasteiger partial charge in [0.25, 0.3) is 0 Å². The van der Waals surface area contributed by atoms with E-state index < -0.39 is 0 Å². The molecule has 2 N–H and O–H groups in total. The fraction of sp³-hybridized carbons (Fsp3) is 0.500. The Kier molecular flexibility index (Phi) is 3.48. The lowest BCUT2D eigenvalue weighted by Gasteiger charge is -2.19. The second-order valence-electron chi connectivity index (χ2n) is 4.95. The predicted molar refractivity (Wildman–Crippen MR) is 68.5 cm³/mol. The first kappa shape index (κ1) is 12.1. The van der Waals surface area contributed by atoms with Gasteiger partial charge in [0.05, 0.1) is 0 Å². The highest BCUT2D eigenvalue weighted by Gasteiger charge is 2.28. The lowest BCUT2D eigenvalue weighted by atomic mass is 10.0. The van der Waals surface area contributed by atoms with E-state index in [1.54, 1.807) is 0 Å². The molecule has 0 radical (unpaired) electrons. The van der Waals surface area contributed by atoms with Crippen LogP contribution in [0.5, 0.6) is 0 Å². The van der Waals surface area contributed by atoms with Crippen LogP contribution in [-0.4, -0.2) is 23.9 Å². The van der Waals surface area contributed by atoms with E-state index in [0.29, 0.717) is 18.9 Å². The van der Waals surface area contributed by atoms with Gasteiger partial charge < -0.3 is 10.6 Å². The van der Waals surface area contributed by atoms with Gasteiger partial charge in [0, 0.05) is 19.5 Å². The van der Waals surface area contributed by atoms with Crippen molar-refractivity contribution in [2.24, 2.45) is 11.7 Å². The van der Waals surface area contributed by atoms with E-state index in [-0.39, 0.29) is 5.91 Å². The molecule has 3 heteroatoms. The minimum atomic E-state index is 0.239. The third-order valence-corrected chi connectivity index (χ3v) is 3.62. The summed E-state index contributed by atoms with van der Waals surface area (Å²) >= 11 is 0. The SMILES string of the molecule is Cc1cccc(C)c1CN1CC(CN)CC1=O. The van der Waals surface area contributed by atoms with Crippen LogP contribution in [0.3, 0.4) is 0 Å². The number of amides is 1. The molecule has 0 bridgehead atoms. The number of carbonyl (C=O) groups is 1. The monoisotopic (exact) mass is 232 g/mol. The molecule has 1 aliphatic heterocycles. The number of nitrogens with two attached hydrogens (primary N) is 1. The van der Waals surface area contributed by atoms with Crippen LogP contribution in [0.4, 0.5) is 0 Å². The van der Waals surface area contributed by atoms with Crippen molar-refractivity contribution in [2.45, 2.75) is 26.8 Å². The maximum Gasteiger partial charge on any atom is 0.223 e. The van der Waals surface area contributed by atoms with Crippen LogP contribution in [0.15, 0.2) is 18.2 Å². The number of rotatable bonds is 3. The summed E-state index contributed by atoms with van der Waals surface area (Å²) in [5.74, 6) is 0.579. The molecule has 1 aliphatic rings. The second-order valence-corrected chi connectivity index (χ2v) is 4.95. The number of carbonyl (C=O) groups excluding carboxylic acids is 1. The minimum absolute atomic E-state index is 0.239. The van der Waals surface area contributed by atoms with E-state index in [1.165, 1.54) is 16.7 Å². The van der Waals surface area contributed by atoms with E-state index in [2.05, 4.69) is 32.0 Å². The molecule has 1 aromatic carbocycles. The molecule has 2 rings (SSSR count). The molecule has 1 saturated heterocycles. The van der Waals surface area contributed by atoms with Gasteiger partial charge >= 0.3 is 0 Å². The average molecular weight is 232 g/mol. The van der Waals surface area contributed by atoms with E-state index in [9.17, 15) is 4.79 Å². The van der Waals surface area contributed by atoms with E-state index >= 15 is 0 Å². The summed E-state index contributed by atoms with van der Waals surface area (Å²) in [6.45, 7) is 6.35. The molecular weight excluding hydrogens is 212 g/mol. The fourth-order valence-corrected chi connectivity index (χ4v) is 2.45. The second kappa shape index (κ2) is 4.88. The highest BCUT2D eigenvalue weighted by Crippen LogP contribution is 2.22. The average Bonchev–Trinajstić information content (AvgIpc) is 2.65. The smallest absolute Gasteiger partial charge is 0.223 e. The van der Waals surface area contributed by atoms with Gasteiger partial charge in [-0.2, -0.15) is 0 Å². The third-order valence-electron chi connectivity index (χ3n) is 3.62. The summed E-state index contributed by atoms with van der Waals surface area (Å²) in [6.07, 6.45) is 0.613. The Labute approximate surface area is 103 Å². The van der Waals surface area contributed by atoms with Crippen LogP contribution in [0, 0.1) is 19.8 Å². The fourth-order valence-electron chi connectivity index (χ4n) is 2.45. The quantitative estimate of drug-likeness (QED) is 0.860. The van der Waals surface area contributed by atoms with Crippen LogP contribution in [0.2, 0.25) is 0 Å². The van der Waals surface area contributed by atoms with Gasteiger partial charge in [-0.1, -0.05) is 18.2 Å². The first-order valence-electron chi connectivity index (χ1n) is 6.14. The molecular formula is C14H20N2O. The van der Waals surface area contributed by atoms with Gasteiger partial charge in [0.1, 0.15) is 0 Å². The van der Waals surface area contributed by atoms with Crippen molar-refractivity contribution in [1.29, 1.82) is 0 Å². The zero-order valence-electron chi connectivity index (χ0n) is 10.6. The molecule has 0 saturated carbocycles. The molecule has 1 atom stereocenters. The first-order valence-corrected chi connectivity index (χ1v) is 6.14. The van der Waals surface area contributed by atoms with Gasteiger partial charge in [-0.3, -0.25) is 4.79 Å². The molecule has 1 fully saturated rings. The molecule has 17 heavy (non-hydrogen) atoms. The van der Waals surface area contributed by atoms with Gasteiger partial charge in [0.2, 0.25) is 5.91 Å². The van der Waals surface area contributed by atoms with Crippen LogP contribution in [0.1, 0.15) is 23.1 Å². The molecule has 1 heterocycles. The predicted octanol–water partition coefficient (Wildman–Crippen LogP) is 1.61. The maximum atomic E-state index is 11.8. The lowest BCUT2D eigenvalue weighted by molar-refractivity contribution is -0.128. The van der Waals surface area contributed by atoms with E-state index in [4.69, 9.17) is 5.73 Å². The largest absolute Gasteiger partial charge is 0.338 e. The van der Waals surface area contributed by atoms with Gasteiger partial charge in [0.15, 0.2) is 0 Å². The Hall–Kier alpha value is -1.35. The van der Waals surface area contributed by atoms with Crippen LogP contribution in [-0.2, 0) is 11.3 Å². The van der Waals surface area contributed by atoms with Gasteiger partial charge in [-0.25, -0.2) is 0 Å². The van der Waals surface area contributed by atoms with Crippen molar-refractivity contribution in [3.8, 4) is 0 Å². The molecule has 92 valence electrons. The van der Waals surface area contributed by atoms with Crippen molar-refractivity contribution >= 4 is 5.91 Å². The number of likely N-dealkylation sites (tertiary alicyclic amines) is 1. The number of hydrogen-bond donors (Lipinski definition) is 1. The Morgan fingerprint density at radius 2 is 2.00 bits per heavy atom. The number of hydrogen-bond acceptors (Lipinski definition) is 2. The summed E-state index contributed by atoms with van der Waals surface area (Å²) in [7, 11) is 0. The van der Waals surface area contributed by atoms with Crippen molar-refractivity contribution in [1.82, 2.24) is 4.90 Å². The third kappa shape index (κ3) is 2.50. The molecule has 1 aromatic rings. The Bertz CT molecular complexity index is 408. The number of benzene rings is 1. The Morgan fingerprint density at radius 1 is 1.35 bits per heavy atom. The van der Waals surface area contributed by atoms with Gasteiger partial charge in [-0.15, -0.1) is 0 Å². The number of aryl methyl sites for hydroxylation is 2. The molecule has 0 aliphatic carbocycles.